The summed E-state index contributed by atoms with van der Waals surface area (Å²) in [4.78, 5) is 0. The molecule has 4 fully saturated rings. The molecule has 27 heavy (non-hydrogen) atoms. The molecule has 4 aliphatic rings. The van der Waals surface area contributed by atoms with E-state index >= 15 is 0 Å². The molecule has 2 bridgehead atoms. The van der Waals surface area contributed by atoms with Crippen LogP contribution in [0.15, 0.2) is 54.6 Å². The Labute approximate surface area is 161 Å². The maximum absolute atomic E-state index is 6.46. The van der Waals surface area contributed by atoms with Crippen LogP contribution in [-0.4, -0.2) is 18.8 Å². The number of hydrogen-bond acceptors (Lipinski definition) is 3. The molecule has 2 aromatic carbocycles. The monoisotopic (exact) mass is 364 g/mol. The minimum atomic E-state index is -0.173. The summed E-state index contributed by atoms with van der Waals surface area (Å²) in [6, 6.07) is 18.4. The van der Waals surface area contributed by atoms with Gasteiger partial charge in [0.2, 0.25) is 0 Å². The SMILES string of the molecule is CC1CC1COC12CCC(c3cccc(Oc4ccccc4)c3)(CC1)OC2. The molecule has 0 radical (unpaired) electrons. The second kappa shape index (κ2) is 6.65. The zero-order valence-electron chi connectivity index (χ0n) is 16.0. The molecule has 2 aliphatic carbocycles. The molecule has 6 rings (SSSR count). The molecule has 2 unspecified atom stereocenters. The second-order valence-electron chi connectivity index (χ2n) is 8.69. The van der Waals surface area contributed by atoms with Gasteiger partial charge in [0.1, 0.15) is 11.5 Å². The molecule has 0 aromatic heterocycles. The van der Waals surface area contributed by atoms with Crippen LogP contribution in [0.3, 0.4) is 0 Å². The summed E-state index contributed by atoms with van der Waals surface area (Å²) in [6.45, 7) is 3.95. The van der Waals surface area contributed by atoms with Crippen LogP contribution in [0.1, 0.15) is 44.6 Å². The van der Waals surface area contributed by atoms with Gasteiger partial charge in [0.25, 0.3) is 0 Å². The Hall–Kier alpha value is -1.84. The first-order chi connectivity index (χ1) is 13.2. The Balaban J connectivity index is 1.28. The Morgan fingerprint density at radius 3 is 2.37 bits per heavy atom. The van der Waals surface area contributed by atoms with Gasteiger partial charge in [-0.15, -0.1) is 0 Å². The average Bonchev–Trinajstić information content (AvgIpc) is 3.44. The first-order valence-corrected chi connectivity index (χ1v) is 10.3. The highest BCUT2D eigenvalue weighted by Gasteiger charge is 2.52. The number of fused-ring (bicyclic) bond motifs is 3. The summed E-state index contributed by atoms with van der Waals surface area (Å²) in [5.74, 6) is 3.36. The van der Waals surface area contributed by atoms with Gasteiger partial charge in [-0.2, -0.15) is 0 Å². The van der Waals surface area contributed by atoms with Crippen LogP contribution in [0.25, 0.3) is 0 Å². The van der Waals surface area contributed by atoms with Gasteiger partial charge in [-0.3, -0.25) is 0 Å². The van der Waals surface area contributed by atoms with E-state index in [1.807, 2.05) is 36.4 Å². The highest BCUT2D eigenvalue weighted by atomic mass is 16.6. The number of hydrogen-bond donors (Lipinski definition) is 0. The van der Waals surface area contributed by atoms with Gasteiger partial charge in [-0.05, 0) is 73.8 Å². The van der Waals surface area contributed by atoms with Crippen LogP contribution in [0, 0.1) is 11.8 Å². The highest BCUT2D eigenvalue weighted by Crippen LogP contribution is 2.52. The van der Waals surface area contributed by atoms with Crippen molar-refractivity contribution in [1.29, 1.82) is 0 Å². The molecule has 3 heteroatoms. The fraction of sp³-hybridized carbons (Fsp3) is 0.500. The molecular formula is C24H28O3. The van der Waals surface area contributed by atoms with Crippen molar-refractivity contribution in [2.24, 2.45) is 11.8 Å². The molecule has 2 heterocycles. The molecule has 2 saturated carbocycles. The molecule has 2 aliphatic heterocycles. The van der Waals surface area contributed by atoms with Crippen molar-refractivity contribution in [2.45, 2.75) is 50.2 Å². The number of para-hydroxylation sites is 1. The minimum Gasteiger partial charge on any atom is -0.457 e. The van der Waals surface area contributed by atoms with Gasteiger partial charge < -0.3 is 14.2 Å². The van der Waals surface area contributed by atoms with Crippen LogP contribution in [0.4, 0.5) is 0 Å². The predicted octanol–water partition coefficient (Wildman–Crippen LogP) is 5.69. The van der Waals surface area contributed by atoms with Crippen LogP contribution >= 0.6 is 0 Å². The smallest absolute Gasteiger partial charge is 0.127 e. The van der Waals surface area contributed by atoms with Gasteiger partial charge in [0, 0.05) is 0 Å². The van der Waals surface area contributed by atoms with Crippen molar-refractivity contribution >= 4 is 0 Å². The van der Waals surface area contributed by atoms with Crippen LogP contribution in [0.5, 0.6) is 11.5 Å². The zero-order valence-corrected chi connectivity index (χ0v) is 16.0. The number of rotatable bonds is 6. The summed E-state index contributed by atoms with van der Waals surface area (Å²) in [6.07, 6.45) is 5.58. The van der Waals surface area contributed by atoms with E-state index in [4.69, 9.17) is 14.2 Å². The molecule has 0 amide bonds. The lowest BCUT2D eigenvalue weighted by molar-refractivity contribution is -0.241. The van der Waals surface area contributed by atoms with Crippen molar-refractivity contribution in [3.63, 3.8) is 0 Å². The first-order valence-electron chi connectivity index (χ1n) is 10.3. The second-order valence-corrected chi connectivity index (χ2v) is 8.69. The molecule has 0 spiro atoms. The standard InChI is InChI=1S/C24H28O3/c1-18-14-19(18)16-25-23-10-12-24(13-11-23,26-17-23)20-6-5-9-22(15-20)27-21-7-3-2-4-8-21/h2-9,15,18-19H,10-14,16-17H2,1H3. The summed E-state index contributed by atoms with van der Waals surface area (Å²) in [5.41, 5.74) is 1.02. The lowest BCUT2D eigenvalue weighted by Gasteiger charge is -2.53. The molecule has 2 atom stereocenters. The number of benzene rings is 2. The molecular weight excluding hydrogens is 336 g/mol. The topological polar surface area (TPSA) is 27.7 Å². The Morgan fingerprint density at radius 1 is 0.963 bits per heavy atom. The highest BCUT2D eigenvalue weighted by molar-refractivity contribution is 5.37. The fourth-order valence-corrected chi connectivity index (χ4v) is 4.61. The molecule has 142 valence electrons. The van der Waals surface area contributed by atoms with E-state index in [0.29, 0.717) is 0 Å². The average molecular weight is 364 g/mol. The fourth-order valence-electron chi connectivity index (χ4n) is 4.61. The quantitative estimate of drug-likeness (QED) is 0.659. The van der Waals surface area contributed by atoms with Gasteiger partial charge in [-0.1, -0.05) is 37.3 Å². The lowest BCUT2D eigenvalue weighted by atomic mass is 9.70. The van der Waals surface area contributed by atoms with Gasteiger partial charge in [-0.25, -0.2) is 0 Å². The predicted molar refractivity (Wildman–Crippen MR) is 105 cm³/mol. The Bertz CT molecular complexity index is 776. The van der Waals surface area contributed by atoms with Gasteiger partial charge in [0.05, 0.1) is 24.4 Å². The Kier molecular flexibility index (Phi) is 4.25. The van der Waals surface area contributed by atoms with Crippen molar-refractivity contribution in [3.8, 4) is 11.5 Å². The van der Waals surface area contributed by atoms with Gasteiger partial charge >= 0.3 is 0 Å². The zero-order chi connectivity index (χ0) is 18.3. The largest absolute Gasteiger partial charge is 0.457 e. The van der Waals surface area contributed by atoms with E-state index in [0.717, 1.165) is 62.2 Å². The summed E-state index contributed by atoms with van der Waals surface area (Å²) in [7, 11) is 0. The molecule has 0 N–H and O–H groups in total. The third-order valence-corrected chi connectivity index (χ3v) is 6.80. The van der Waals surface area contributed by atoms with Crippen LogP contribution in [-0.2, 0) is 15.1 Å². The third-order valence-electron chi connectivity index (χ3n) is 6.80. The van der Waals surface area contributed by atoms with E-state index in [2.05, 4.69) is 25.1 Å². The van der Waals surface area contributed by atoms with E-state index in [9.17, 15) is 0 Å². The minimum absolute atomic E-state index is 0.0395. The molecule has 2 saturated heterocycles. The van der Waals surface area contributed by atoms with E-state index < -0.39 is 0 Å². The van der Waals surface area contributed by atoms with E-state index in [-0.39, 0.29) is 11.2 Å². The van der Waals surface area contributed by atoms with Gasteiger partial charge in [0.15, 0.2) is 0 Å². The maximum atomic E-state index is 6.46. The molecule has 3 nitrogen and oxygen atoms in total. The van der Waals surface area contributed by atoms with Crippen molar-refractivity contribution in [3.05, 3.63) is 60.2 Å². The van der Waals surface area contributed by atoms with Crippen LogP contribution < -0.4 is 4.74 Å². The number of ether oxygens (including phenoxy) is 3. The van der Waals surface area contributed by atoms with Crippen LogP contribution in [0.2, 0.25) is 0 Å². The maximum Gasteiger partial charge on any atom is 0.127 e. The van der Waals surface area contributed by atoms with Crippen molar-refractivity contribution in [2.75, 3.05) is 13.2 Å². The molecule has 2 aromatic rings. The normalized spacial score (nSPS) is 34.4. The van der Waals surface area contributed by atoms with E-state index in [1.54, 1.807) is 0 Å². The third kappa shape index (κ3) is 3.39. The van der Waals surface area contributed by atoms with Crippen molar-refractivity contribution in [1.82, 2.24) is 0 Å². The summed E-state index contributed by atoms with van der Waals surface area (Å²) in [5, 5.41) is 0. The lowest BCUT2D eigenvalue weighted by Crippen LogP contribution is -2.54. The van der Waals surface area contributed by atoms with Crippen molar-refractivity contribution < 1.29 is 14.2 Å². The summed E-state index contributed by atoms with van der Waals surface area (Å²) < 4.78 is 18.9. The summed E-state index contributed by atoms with van der Waals surface area (Å²) >= 11 is 0. The first kappa shape index (κ1) is 17.3. The van der Waals surface area contributed by atoms with E-state index in [1.165, 1.54) is 12.0 Å². The Morgan fingerprint density at radius 2 is 1.70 bits per heavy atom.